The van der Waals surface area contributed by atoms with E-state index in [4.69, 9.17) is 15.3 Å². The Morgan fingerprint density at radius 1 is 1.15 bits per heavy atom. The van der Waals surface area contributed by atoms with Gasteiger partial charge in [-0.3, -0.25) is 0 Å². The zero-order valence-corrected chi connectivity index (χ0v) is 14.1. The number of hydrogen-bond acceptors (Lipinski definition) is 4. The van der Waals surface area contributed by atoms with E-state index in [-0.39, 0.29) is 11.1 Å². The average molecular weight is 357 g/mol. The van der Waals surface area contributed by atoms with Gasteiger partial charge in [-0.1, -0.05) is 44.2 Å². The molecule has 132 valence electrons. The summed E-state index contributed by atoms with van der Waals surface area (Å²) in [4.78, 5) is 0. The summed E-state index contributed by atoms with van der Waals surface area (Å²) in [5, 5.41) is 27.7. The van der Waals surface area contributed by atoms with Crippen molar-refractivity contribution in [2.45, 2.75) is 32.0 Å². The molecular weight excluding hydrogens is 343 g/mol. The molecule has 4 nitrogen and oxygen atoms in total. The number of hydrogen-bond donors (Lipinski definition) is 0. The molecule has 0 radical (unpaired) electrons. The van der Waals surface area contributed by atoms with Gasteiger partial charge in [-0.2, -0.15) is 29.0 Å². The van der Waals surface area contributed by atoms with E-state index in [0.717, 1.165) is 0 Å². The largest absolute Gasteiger partial charge is 0.465 e. The fourth-order valence-electron chi connectivity index (χ4n) is 3.03. The predicted octanol–water partition coefficient (Wildman–Crippen LogP) is 4.64. The van der Waals surface area contributed by atoms with Crippen molar-refractivity contribution in [1.29, 1.82) is 15.8 Å². The number of allylic oxidation sites excluding steroid dienone is 2. The maximum atomic E-state index is 14.3. The van der Waals surface area contributed by atoms with Crippen LogP contribution in [0.25, 0.3) is 0 Å². The van der Waals surface area contributed by atoms with Gasteiger partial charge in [0, 0.05) is 11.1 Å². The Kier molecular flexibility index (Phi) is 5.10. The van der Waals surface area contributed by atoms with Crippen molar-refractivity contribution in [3.63, 3.8) is 0 Å². The van der Waals surface area contributed by atoms with Crippen LogP contribution >= 0.6 is 0 Å². The van der Waals surface area contributed by atoms with Crippen LogP contribution in [0.2, 0.25) is 0 Å². The van der Waals surface area contributed by atoms with Gasteiger partial charge in [0.05, 0.1) is 0 Å². The van der Waals surface area contributed by atoms with Gasteiger partial charge in [-0.25, -0.2) is 0 Å². The lowest BCUT2D eigenvalue weighted by Gasteiger charge is -2.36. The van der Waals surface area contributed by atoms with E-state index in [9.17, 15) is 18.4 Å². The Morgan fingerprint density at radius 3 is 2.15 bits per heavy atom. The highest BCUT2D eigenvalue weighted by molar-refractivity contribution is 5.60. The van der Waals surface area contributed by atoms with Crippen LogP contribution in [-0.4, -0.2) is 6.18 Å². The minimum atomic E-state index is -4.91. The Bertz CT molecular complexity index is 879. The first-order valence-corrected chi connectivity index (χ1v) is 7.79. The lowest BCUT2D eigenvalue weighted by Crippen LogP contribution is -2.45. The smallest absolute Gasteiger partial charge is 0.436 e. The fourth-order valence-corrected chi connectivity index (χ4v) is 3.03. The minimum Gasteiger partial charge on any atom is -0.465 e. The van der Waals surface area contributed by atoms with E-state index >= 15 is 0 Å². The molecule has 0 spiro atoms. The maximum Gasteiger partial charge on any atom is 0.436 e. The monoisotopic (exact) mass is 357 g/mol. The van der Waals surface area contributed by atoms with E-state index in [1.165, 1.54) is 36.4 Å². The van der Waals surface area contributed by atoms with Gasteiger partial charge >= 0.3 is 6.18 Å². The molecule has 0 N–H and O–H groups in total. The molecule has 1 aromatic rings. The molecule has 1 aliphatic rings. The lowest BCUT2D eigenvalue weighted by molar-refractivity contribution is -0.252. The van der Waals surface area contributed by atoms with Crippen LogP contribution in [0, 0.1) is 39.9 Å². The number of nitriles is 3. The Hall–Kier alpha value is -3.24. The summed E-state index contributed by atoms with van der Waals surface area (Å²) >= 11 is 0. The van der Waals surface area contributed by atoms with E-state index in [1.54, 1.807) is 26.0 Å². The Balaban J connectivity index is 3.01. The molecule has 2 rings (SSSR count). The third-order valence-corrected chi connectivity index (χ3v) is 4.38. The normalized spacial score (nSPS) is 20.6. The second-order valence-electron chi connectivity index (χ2n) is 5.78. The van der Waals surface area contributed by atoms with E-state index in [2.05, 4.69) is 0 Å². The summed E-state index contributed by atoms with van der Waals surface area (Å²) in [5.41, 5.74) is -4.47. The van der Waals surface area contributed by atoms with Gasteiger partial charge in [0.25, 0.3) is 5.60 Å². The maximum absolute atomic E-state index is 14.3. The van der Waals surface area contributed by atoms with Gasteiger partial charge in [0.2, 0.25) is 0 Å². The number of benzene rings is 1. The van der Waals surface area contributed by atoms with Gasteiger partial charge < -0.3 is 4.74 Å². The molecule has 1 heterocycles. The predicted molar refractivity (Wildman–Crippen MR) is 85.6 cm³/mol. The highest BCUT2D eigenvalue weighted by Crippen LogP contribution is 2.57. The number of halogens is 3. The number of alkyl halides is 3. The Labute approximate surface area is 149 Å². The molecule has 2 atom stereocenters. The summed E-state index contributed by atoms with van der Waals surface area (Å²) < 4.78 is 48.3. The van der Waals surface area contributed by atoms with Crippen LogP contribution < -0.4 is 0 Å². The average Bonchev–Trinajstić information content (AvgIpc) is 2.99. The van der Waals surface area contributed by atoms with Gasteiger partial charge in [-0.05, 0) is 12.3 Å². The first-order chi connectivity index (χ1) is 12.3. The highest BCUT2D eigenvalue weighted by atomic mass is 19.4. The van der Waals surface area contributed by atoms with E-state index in [0.29, 0.717) is 6.42 Å². The summed E-state index contributed by atoms with van der Waals surface area (Å²) in [6.45, 7) is 3.25. The fraction of sp³-hybridized carbons (Fsp3) is 0.316. The van der Waals surface area contributed by atoms with Crippen molar-refractivity contribution in [3.8, 4) is 18.2 Å². The topological polar surface area (TPSA) is 80.6 Å². The van der Waals surface area contributed by atoms with Crippen LogP contribution in [0.15, 0.2) is 52.8 Å². The molecule has 0 saturated heterocycles. The number of nitrogens with zero attached hydrogens (tertiary/aromatic N) is 3. The van der Waals surface area contributed by atoms with Crippen LogP contribution in [-0.2, 0) is 10.3 Å². The minimum absolute atomic E-state index is 0.208. The highest BCUT2D eigenvalue weighted by Gasteiger charge is 2.66. The third kappa shape index (κ3) is 2.70. The lowest BCUT2D eigenvalue weighted by atomic mass is 9.77. The molecule has 0 fully saturated rings. The standard InChI is InChI=1S/C19H14F3N3O/c1-3-12(2)16-15(11-25)17(13(9-23)10-24)26-18(16,19(20,21)22)14-7-5-4-6-8-14/h4-8,12H,3H2,1-2H3. The number of ether oxygens (including phenoxy) is 1. The summed E-state index contributed by atoms with van der Waals surface area (Å²) in [6.07, 6.45) is -4.59. The molecule has 7 heteroatoms. The SMILES string of the molecule is CCC(C)C1=C(C#N)C(=C(C#N)C#N)OC1(c1ccccc1)C(F)(F)F. The zero-order valence-electron chi connectivity index (χ0n) is 14.1. The first kappa shape index (κ1) is 19.1. The second-order valence-corrected chi connectivity index (χ2v) is 5.78. The van der Waals surface area contributed by atoms with Gasteiger partial charge in [0.15, 0.2) is 11.3 Å². The van der Waals surface area contributed by atoms with E-state index < -0.39 is 34.6 Å². The summed E-state index contributed by atoms with van der Waals surface area (Å²) in [7, 11) is 0. The molecule has 0 aromatic heterocycles. The Morgan fingerprint density at radius 2 is 1.73 bits per heavy atom. The van der Waals surface area contributed by atoms with Gasteiger partial charge in [0.1, 0.15) is 23.8 Å². The van der Waals surface area contributed by atoms with Crippen molar-refractivity contribution in [3.05, 3.63) is 58.4 Å². The molecular formula is C19H14F3N3O. The molecule has 0 bridgehead atoms. The van der Waals surface area contributed by atoms with Crippen molar-refractivity contribution in [2.24, 2.45) is 5.92 Å². The molecule has 2 unspecified atom stereocenters. The molecule has 0 amide bonds. The van der Waals surface area contributed by atoms with Crippen molar-refractivity contribution in [2.75, 3.05) is 0 Å². The summed E-state index contributed by atoms with van der Waals surface area (Å²) in [5.74, 6) is -1.28. The summed E-state index contributed by atoms with van der Waals surface area (Å²) in [6, 6.07) is 11.7. The second kappa shape index (κ2) is 6.94. The van der Waals surface area contributed by atoms with Crippen LogP contribution in [0.3, 0.4) is 0 Å². The first-order valence-electron chi connectivity index (χ1n) is 7.79. The molecule has 1 aromatic carbocycles. The van der Waals surface area contributed by atoms with Crippen LogP contribution in [0.1, 0.15) is 25.8 Å². The molecule has 1 aliphatic heterocycles. The van der Waals surface area contributed by atoms with E-state index in [1.807, 2.05) is 0 Å². The van der Waals surface area contributed by atoms with Crippen molar-refractivity contribution >= 4 is 0 Å². The van der Waals surface area contributed by atoms with Crippen molar-refractivity contribution in [1.82, 2.24) is 0 Å². The third-order valence-electron chi connectivity index (χ3n) is 4.38. The molecule has 26 heavy (non-hydrogen) atoms. The zero-order chi connectivity index (χ0) is 19.5. The van der Waals surface area contributed by atoms with Crippen LogP contribution in [0.4, 0.5) is 13.2 Å². The van der Waals surface area contributed by atoms with Crippen LogP contribution in [0.5, 0.6) is 0 Å². The number of rotatable bonds is 3. The molecule has 0 saturated carbocycles. The van der Waals surface area contributed by atoms with Gasteiger partial charge in [-0.15, -0.1) is 0 Å². The molecule has 0 aliphatic carbocycles. The quantitative estimate of drug-likeness (QED) is 0.738. The van der Waals surface area contributed by atoms with Crippen molar-refractivity contribution < 1.29 is 17.9 Å².